The number of hydrogen-bond donors (Lipinski definition) is 0. The molecule has 5 aliphatic heterocycles. The molecule has 0 N–H and O–H groups in total. The summed E-state index contributed by atoms with van der Waals surface area (Å²) in [5.74, 6) is 0.332. The van der Waals surface area contributed by atoms with Gasteiger partial charge in [-0.1, -0.05) is 119 Å². The van der Waals surface area contributed by atoms with Gasteiger partial charge in [0.1, 0.15) is 0 Å². The topological polar surface area (TPSA) is 6.48 Å². The Morgan fingerprint density at radius 1 is 0.836 bits per heavy atom. The van der Waals surface area contributed by atoms with Gasteiger partial charge in [-0.15, -0.1) is 0 Å². The van der Waals surface area contributed by atoms with Crippen molar-refractivity contribution in [1.82, 2.24) is 0 Å². The van der Waals surface area contributed by atoms with Gasteiger partial charge in [-0.3, -0.25) is 0 Å². The molecule has 8 aliphatic rings. The molecule has 0 bridgehead atoms. The predicted molar refractivity (Wildman–Crippen MR) is 234 cm³/mol. The van der Waals surface area contributed by atoms with Crippen molar-refractivity contribution in [1.29, 1.82) is 0 Å². The van der Waals surface area contributed by atoms with Crippen molar-refractivity contribution in [2.75, 3.05) is 9.71 Å². The smallest absolute Gasteiger partial charge is 0.326 e. The number of hydrogen-bond acceptors (Lipinski definition) is 3. The van der Waals surface area contributed by atoms with Crippen LogP contribution in [0.2, 0.25) is 0 Å². The minimum Gasteiger partial charge on any atom is -0.400 e. The highest BCUT2D eigenvalue weighted by Crippen LogP contribution is 2.73. The van der Waals surface area contributed by atoms with Crippen LogP contribution in [0.3, 0.4) is 0 Å². The Morgan fingerprint density at radius 3 is 2.47 bits per heavy atom. The SMILES string of the molecule is CCCCc1ccc2c(c1)C1(C)C=CC(C)C3=C1C1(C)C(=C4Sc5ccccc5C43C)B3c4c(cc(C)cc4N21)-c1cccc2c1N3C1(C)CCCCC21C. The van der Waals surface area contributed by atoms with E-state index in [1.54, 1.807) is 32.6 Å². The summed E-state index contributed by atoms with van der Waals surface area (Å²) in [6.45, 7) is 20.5. The second-order valence-corrected chi connectivity index (χ2v) is 20.6. The first-order valence-corrected chi connectivity index (χ1v) is 22.2. The number of allylic oxidation sites excluding steroid dienone is 4. The fraction of sp³-hybridized carbons (Fsp3) is 0.412. The van der Waals surface area contributed by atoms with E-state index in [0.29, 0.717) is 5.92 Å². The first kappa shape index (κ1) is 33.3. The number of nitrogens with zero attached hydrogens (tertiary/aromatic N) is 2. The highest BCUT2D eigenvalue weighted by atomic mass is 32.2. The first-order chi connectivity index (χ1) is 26.4. The molecule has 1 fully saturated rings. The summed E-state index contributed by atoms with van der Waals surface area (Å²) in [7, 11) is 0. The predicted octanol–water partition coefficient (Wildman–Crippen LogP) is 12.2. The number of para-hydroxylation sites is 1. The molecule has 0 saturated heterocycles. The van der Waals surface area contributed by atoms with Crippen molar-refractivity contribution >= 4 is 41.1 Å². The third-order valence-electron chi connectivity index (χ3n) is 16.8. The van der Waals surface area contributed by atoms with Crippen molar-refractivity contribution in [2.45, 2.75) is 133 Å². The number of fused-ring (bicyclic) bond motifs is 14. The third-order valence-corrected chi connectivity index (χ3v) is 18.2. The zero-order valence-electron chi connectivity index (χ0n) is 34.0. The zero-order valence-corrected chi connectivity index (χ0v) is 34.8. The molecule has 4 aromatic rings. The van der Waals surface area contributed by atoms with Crippen LogP contribution < -0.4 is 15.2 Å². The molecular weight excluding hydrogens is 683 g/mol. The molecule has 6 unspecified atom stereocenters. The molecule has 276 valence electrons. The zero-order chi connectivity index (χ0) is 37.6. The average molecular weight is 737 g/mol. The largest absolute Gasteiger partial charge is 0.400 e. The lowest BCUT2D eigenvalue weighted by atomic mass is 9.33. The van der Waals surface area contributed by atoms with Gasteiger partial charge in [0.25, 0.3) is 0 Å². The summed E-state index contributed by atoms with van der Waals surface area (Å²) >= 11 is 2.11. The normalized spacial score (nSPS) is 33.5. The quantitative estimate of drug-likeness (QED) is 0.153. The van der Waals surface area contributed by atoms with Crippen LogP contribution in [0.15, 0.2) is 111 Å². The molecule has 0 amide bonds. The Kier molecular flexibility index (Phi) is 6.26. The van der Waals surface area contributed by atoms with E-state index in [-0.39, 0.29) is 34.2 Å². The lowest BCUT2D eigenvalue weighted by molar-refractivity contribution is 0.199. The minimum absolute atomic E-state index is 0.00524. The van der Waals surface area contributed by atoms with E-state index in [1.165, 1.54) is 93.9 Å². The first-order valence-electron chi connectivity index (χ1n) is 21.4. The molecule has 4 aromatic carbocycles. The van der Waals surface area contributed by atoms with E-state index in [0.717, 1.165) is 6.42 Å². The van der Waals surface area contributed by atoms with Crippen molar-refractivity contribution in [2.24, 2.45) is 5.92 Å². The standard InChI is InChI=1S/C51H53BN2S/c1-9-10-16-32-21-22-38-37(29-32)47(4)26-23-31(3)41-44(47)51(8)45(46-50(41,7)35-18-11-12-20-40(35)55-46)52-42-34(27-30(2)28-39(42)53(38)51)33-17-15-19-36-43(33)54(52)49(6)25-14-13-24-48(36,49)5/h11-12,15,17-23,26-29,31H,9-10,13-14,16,24-25H2,1-8H3. The fourth-order valence-electron chi connectivity index (χ4n) is 14.2. The summed E-state index contributed by atoms with van der Waals surface area (Å²) in [5.41, 5.74) is 20.5. The van der Waals surface area contributed by atoms with Crippen molar-refractivity contribution < 1.29 is 0 Å². The molecule has 2 nitrogen and oxygen atoms in total. The lowest BCUT2D eigenvalue weighted by Gasteiger charge is -2.67. The number of unbranched alkanes of at least 4 members (excludes halogenated alkanes) is 1. The van der Waals surface area contributed by atoms with Crippen LogP contribution in [0.5, 0.6) is 0 Å². The number of thioether (sulfide) groups is 1. The maximum Gasteiger partial charge on any atom is 0.326 e. The average Bonchev–Trinajstić information content (AvgIpc) is 3.59. The molecule has 4 heteroatoms. The Morgan fingerprint density at radius 2 is 1.64 bits per heavy atom. The molecule has 55 heavy (non-hydrogen) atoms. The van der Waals surface area contributed by atoms with Gasteiger partial charge in [-0.05, 0) is 145 Å². The second kappa shape index (κ2) is 10.3. The Bertz CT molecular complexity index is 2560. The number of anilines is 3. The lowest BCUT2D eigenvalue weighted by Crippen LogP contribution is -2.74. The highest BCUT2D eigenvalue weighted by Gasteiger charge is 2.71. The van der Waals surface area contributed by atoms with E-state index in [1.807, 2.05) is 0 Å². The van der Waals surface area contributed by atoms with E-state index >= 15 is 0 Å². The van der Waals surface area contributed by atoms with Crippen LogP contribution >= 0.6 is 11.8 Å². The van der Waals surface area contributed by atoms with Crippen LogP contribution in [-0.2, 0) is 22.7 Å². The van der Waals surface area contributed by atoms with Gasteiger partial charge in [-0.2, -0.15) is 0 Å². The molecule has 0 aromatic heterocycles. The Labute approximate surface area is 333 Å². The molecule has 0 spiro atoms. The van der Waals surface area contributed by atoms with E-state index in [9.17, 15) is 0 Å². The molecule has 3 aliphatic carbocycles. The van der Waals surface area contributed by atoms with Gasteiger partial charge >= 0.3 is 6.85 Å². The van der Waals surface area contributed by atoms with Gasteiger partial charge in [0.15, 0.2) is 0 Å². The van der Waals surface area contributed by atoms with E-state index < -0.39 is 0 Å². The summed E-state index contributed by atoms with van der Waals surface area (Å²) in [4.78, 5) is 9.01. The fourth-order valence-corrected chi connectivity index (χ4v) is 15.8. The summed E-state index contributed by atoms with van der Waals surface area (Å²) in [6, 6.07) is 29.6. The van der Waals surface area contributed by atoms with Gasteiger partial charge in [0, 0.05) is 49.3 Å². The maximum absolute atomic E-state index is 3.07. The number of benzene rings is 4. The number of aryl methyl sites for hydroxylation is 2. The van der Waals surface area contributed by atoms with E-state index in [2.05, 4.69) is 162 Å². The number of rotatable bonds is 3. The summed E-state index contributed by atoms with van der Waals surface area (Å²) < 4.78 is 0. The van der Waals surface area contributed by atoms with Gasteiger partial charge in [0.2, 0.25) is 0 Å². The van der Waals surface area contributed by atoms with Crippen LogP contribution in [0.1, 0.15) is 115 Å². The third kappa shape index (κ3) is 3.50. The van der Waals surface area contributed by atoms with Crippen LogP contribution in [0.25, 0.3) is 11.1 Å². The summed E-state index contributed by atoms with van der Waals surface area (Å²) in [6.07, 6.45) is 13.9. The van der Waals surface area contributed by atoms with Crippen molar-refractivity contribution in [3.63, 3.8) is 0 Å². The van der Waals surface area contributed by atoms with Crippen molar-refractivity contribution in [3.05, 3.63) is 134 Å². The molecule has 1 saturated carbocycles. The van der Waals surface area contributed by atoms with Crippen LogP contribution in [0.4, 0.5) is 17.1 Å². The molecule has 0 radical (unpaired) electrons. The van der Waals surface area contributed by atoms with E-state index in [4.69, 9.17) is 0 Å². The molecule has 12 rings (SSSR count). The Balaban J connectivity index is 1.28. The summed E-state index contributed by atoms with van der Waals surface area (Å²) in [5, 5.41) is 0. The van der Waals surface area contributed by atoms with Crippen LogP contribution in [-0.4, -0.2) is 17.9 Å². The molecule has 6 atom stereocenters. The van der Waals surface area contributed by atoms with Crippen LogP contribution in [0, 0.1) is 12.8 Å². The molecular formula is C51H53BN2S. The Hall–Kier alpha value is -3.89. The molecule has 5 heterocycles. The van der Waals surface area contributed by atoms with Gasteiger partial charge in [0.05, 0.1) is 5.54 Å². The second-order valence-electron chi connectivity index (χ2n) is 19.5. The maximum atomic E-state index is 3.07. The van der Waals surface area contributed by atoms with Gasteiger partial charge < -0.3 is 9.71 Å². The van der Waals surface area contributed by atoms with Gasteiger partial charge in [-0.25, -0.2) is 0 Å². The highest BCUT2D eigenvalue weighted by molar-refractivity contribution is 8.03. The van der Waals surface area contributed by atoms with Crippen molar-refractivity contribution in [3.8, 4) is 11.1 Å². The monoisotopic (exact) mass is 736 g/mol. The minimum atomic E-state index is -0.357.